The van der Waals surface area contributed by atoms with Crippen molar-refractivity contribution in [3.05, 3.63) is 46.8 Å². The van der Waals surface area contributed by atoms with Gasteiger partial charge in [-0.15, -0.1) is 11.3 Å². The number of aryl methyl sites for hydroxylation is 1. The third-order valence-electron chi connectivity index (χ3n) is 4.75. The monoisotopic (exact) mass is 312 g/mol. The molecule has 1 aromatic heterocycles. The topological polar surface area (TPSA) is 41.1 Å². The van der Waals surface area contributed by atoms with Gasteiger partial charge in [0, 0.05) is 23.0 Å². The number of benzene rings is 1. The molecule has 0 radical (unpaired) electrons. The Balaban J connectivity index is 1.48. The van der Waals surface area contributed by atoms with Crippen LogP contribution in [0.5, 0.6) is 0 Å². The van der Waals surface area contributed by atoms with E-state index in [0.29, 0.717) is 18.1 Å². The van der Waals surface area contributed by atoms with E-state index in [1.165, 1.54) is 24.0 Å². The van der Waals surface area contributed by atoms with Gasteiger partial charge in [0.2, 0.25) is 0 Å². The maximum atomic E-state index is 12.5. The van der Waals surface area contributed by atoms with Crippen molar-refractivity contribution < 1.29 is 4.79 Å². The fraction of sp³-hybridized carbons (Fsp3) is 0.389. The summed E-state index contributed by atoms with van der Waals surface area (Å²) in [4.78, 5) is 14.4. The van der Waals surface area contributed by atoms with E-state index in [9.17, 15) is 4.79 Å². The Morgan fingerprint density at radius 1 is 1.27 bits per heavy atom. The van der Waals surface area contributed by atoms with Crippen LogP contribution in [0.25, 0.3) is 10.4 Å². The summed E-state index contributed by atoms with van der Waals surface area (Å²) in [5.41, 5.74) is 2.43. The summed E-state index contributed by atoms with van der Waals surface area (Å²) in [6, 6.07) is 13.8. The molecule has 2 fully saturated rings. The van der Waals surface area contributed by atoms with E-state index in [1.807, 2.05) is 12.1 Å². The Morgan fingerprint density at radius 2 is 2.18 bits per heavy atom. The number of fused-ring (bicyclic) bond motifs is 2. The van der Waals surface area contributed by atoms with Gasteiger partial charge >= 0.3 is 0 Å². The normalized spacial score (nSPS) is 26.3. The second-order valence-electron chi connectivity index (χ2n) is 6.40. The largest absolute Gasteiger partial charge is 0.347 e. The molecular formula is C18H20N2OS. The lowest BCUT2D eigenvalue weighted by Gasteiger charge is -2.20. The molecule has 3 nitrogen and oxygen atoms in total. The van der Waals surface area contributed by atoms with Crippen LogP contribution in [0.3, 0.4) is 0 Å². The molecule has 4 rings (SSSR count). The van der Waals surface area contributed by atoms with Gasteiger partial charge in [0.25, 0.3) is 5.91 Å². The zero-order valence-electron chi connectivity index (χ0n) is 12.6. The second-order valence-corrected chi connectivity index (χ2v) is 7.48. The molecular weight excluding hydrogens is 292 g/mol. The van der Waals surface area contributed by atoms with Gasteiger partial charge in [0.05, 0.1) is 4.88 Å². The molecule has 22 heavy (non-hydrogen) atoms. The van der Waals surface area contributed by atoms with Gasteiger partial charge in [0.15, 0.2) is 0 Å². The zero-order valence-corrected chi connectivity index (χ0v) is 13.5. The molecule has 2 aliphatic heterocycles. The van der Waals surface area contributed by atoms with Crippen LogP contribution in [-0.2, 0) is 0 Å². The van der Waals surface area contributed by atoms with Gasteiger partial charge in [-0.05, 0) is 43.9 Å². The molecule has 3 unspecified atom stereocenters. The maximum absolute atomic E-state index is 12.5. The minimum absolute atomic E-state index is 0.0725. The van der Waals surface area contributed by atoms with E-state index in [-0.39, 0.29) is 5.91 Å². The third kappa shape index (κ3) is 2.57. The highest BCUT2D eigenvalue weighted by Crippen LogP contribution is 2.31. The molecule has 3 atom stereocenters. The summed E-state index contributed by atoms with van der Waals surface area (Å²) in [6.45, 7) is 2.09. The molecule has 2 bridgehead atoms. The Kier molecular flexibility index (Phi) is 3.51. The molecule has 0 spiro atoms. The molecule has 1 aromatic carbocycles. The molecule has 0 saturated carbocycles. The molecule has 2 aliphatic rings. The predicted molar refractivity (Wildman–Crippen MR) is 90.3 cm³/mol. The lowest BCUT2D eigenvalue weighted by molar-refractivity contribution is 0.0935. The molecule has 114 valence electrons. The van der Waals surface area contributed by atoms with Crippen LogP contribution in [0.2, 0.25) is 0 Å². The van der Waals surface area contributed by atoms with Crippen LogP contribution in [0, 0.1) is 6.92 Å². The first-order valence-corrected chi connectivity index (χ1v) is 8.74. The summed E-state index contributed by atoms with van der Waals surface area (Å²) >= 11 is 1.57. The molecule has 4 heteroatoms. The van der Waals surface area contributed by atoms with E-state index in [1.54, 1.807) is 11.3 Å². The number of nitrogens with one attached hydrogen (secondary N) is 2. The van der Waals surface area contributed by atoms with Crippen molar-refractivity contribution in [1.82, 2.24) is 10.6 Å². The highest BCUT2D eigenvalue weighted by molar-refractivity contribution is 7.17. The van der Waals surface area contributed by atoms with Gasteiger partial charge in [-0.25, -0.2) is 0 Å². The van der Waals surface area contributed by atoms with Crippen molar-refractivity contribution in [3.8, 4) is 10.4 Å². The number of hydrogen-bond acceptors (Lipinski definition) is 3. The lowest BCUT2D eigenvalue weighted by Crippen LogP contribution is -2.42. The first-order chi connectivity index (χ1) is 10.7. The van der Waals surface area contributed by atoms with Crippen molar-refractivity contribution in [2.45, 2.75) is 44.3 Å². The van der Waals surface area contributed by atoms with Crippen molar-refractivity contribution in [1.29, 1.82) is 0 Å². The first-order valence-electron chi connectivity index (χ1n) is 7.93. The number of rotatable bonds is 3. The van der Waals surface area contributed by atoms with Crippen LogP contribution >= 0.6 is 11.3 Å². The van der Waals surface area contributed by atoms with Crippen LogP contribution < -0.4 is 10.6 Å². The number of amides is 1. The van der Waals surface area contributed by atoms with Gasteiger partial charge in [-0.3, -0.25) is 4.79 Å². The van der Waals surface area contributed by atoms with Crippen molar-refractivity contribution in [2.75, 3.05) is 0 Å². The number of carbonyl (C=O) groups is 1. The van der Waals surface area contributed by atoms with Crippen molar-refractivity contribution in [3.63, 3.8) is 0 Å². The zero-order chi connectivity index (χ0) is 15.1. The Bertz CT molecular complexity index is 709. The van der Waals surface area contributed by atoms with Crippen LogP contribution in [0.4, 0.5) is 0 Å². The Hall–Kier alpha value is -1.65. The predicted octanol–water partition coefficient (Wildman–Crippen LogP) is 3.35. The fourth-order valence-electron chi connectivity index (χ4n) is 3.64. The van der Waals surface area contributed by atoms with Crippen LogP contribution in [-0.4, -0.2) is 24.0 Å². The standard InChI is InChI=1S/C18H20N2OS/c1-11-3-2-4-12(9-11)16-7-8-17(22-16)18(21)20-15-10-13-5-6-14(15)19-13/h2-4,7-9,13-15,19H,5-6,10H2,1H3,(H,20,21). The second kappa shape index (κ2) is 5.52. The van der Waals surface area contributed by atoms with Gasteiger partial charge < -0.3 is 10.6 Å². The summed E-state index contributed by atoms with van der Waals surface area (Å²) in [7, 11) is 0. The van der Waals surface area contributed by atoms with Gasteiger partial charge in [0.1, 0.15) is 0 Å². The quantitative estimate of drug-likeness (QED) is 0.912. The minimum atomic E-state index is 0.0725. The van der Waals surface area contributed by atoms with E-state index in [2.05, 4.69) is 41.8 Å². The van der Waals surface area contributed by atoms with Gasteiger partial charge in [-0.2, -0.15) is 0 Å². The van der Waals surface area contributed by atoms with Crippen molar-refractivity contribution >= 4 is 17.2 Å². The van der Waals surface area contributed by atoms with Crippen LogP contribution in [0.1, 0.15) is 34.5 Å². The number of thiophene rings is 1. The first kappa shape index (κ1) is 14.0. The summed E-state index contributed by atoms with van der Waals surface area (Å²) in [6.07, 6.45) is 3.52. The van der Waals surface area contributed by atoms with E-state index in [4.69, 9.17) is 0 Å². The third-order valence-corrected chi connectivity index (χ3v) is 5.88. The molecule has 0 aliphatic carbocycles. The maximum Gasteiger partial charge on any atom is 0.261 e. The minimum Gasteiger partial charge on any atom is -0.347 e. The van der Waals surface area contributed by atoms with Crippen LogP contribution in [0.15, 0.2) is 36.4 Å². The number of hydrogen-bond donors (Lipinski definition) is 2. The van der Waals surface area contributed by atoms with Gasteiger partial charge in [-0.1, -0.05) is 29.8 Å². The average molecular weight is 312 g/mol. The molecule has 1 amide bonds. The smallest absolute Gasteiger partial charge is 0.261 e. The van der Waals surface area contributed by atoms with E-state index < -0.39 is 0 Å². The lowest BCUT2D eigenvalue weighted by atomic mass is 9.95. The molecule has 2 saturated heterocycles. The highest BCUT2D eigenvalue weighted by atomic mass is 32.1. The molecule has 3 heterocycles. The average Bonchev–Trinajstić information content (AvgIpc) is 3.23. The summed E-state index contributed by atoms with van der Waals surface area (Å²) < 4.78 is 0. The molecule has 2 aromatic rings. The van der Waals surface area contributed by atoms with Crippen molar-refractivity contribution in [2.24, 2.45) is 0 Å². The highest BCUT2D eigenvalue weighted by Gasteiger charge is 2.39. The fourth-order valence-corrected chi connectivity index (χ4v) is 4.54. The van der Waals surface area contributed by atoms with E-state index >= 15 is 0 Å². The Morgan fingerprint density at radius 3 is 2.91 bits per heavy atom. The number of carbonyl (C=O) groups excluding carboxylic acids is 1. The summed E-state index contributed by atoms with van der Waals surface area (Å²) in [5, 5.41) is 6.77. The summed E-state index contributed by atoms with van der Waals surface area (Å²) in [5.74, 6) is 0.0725. The Labute approximate surface area is 134 Å². The SMILES string of the molecule is Cc1cccc(-c2ccc(C(=O)NC3CC4CCC3N4)s2)c1. The van der Waals surface area contributed by atoms with E-state index in [0.717, 1.165) is 16.2 Å². The molecule has 2 N–H and O–H groups in total.